The maximum Gasteiger partial charge on any atom is 0.158 e. The number of rotatable bonds is 6. The third-order valence-electron chi connectivity index (χ3n) is 4.18. The number of methoxy groups -OCH3 is 1. The zero-order chi connectivity index (χ0) is 14.4. The van der Waals surface area contributed by atoms with Crippen molar-refractivity contribution in [1.29, 1.82) is 0 Å². The van der Waals surface area contributed by atoms with Gasteiger partial charge in [0, 0.05) is 19.7 Å². The van der Waals surface area contributed by atoms with E-state index in [1.807, 2.05) is 0 Å². The maximum absolute atomic E-state index is 5.79. The van der Waals surface area contributed by atoms with Crippen molar-refractivity contribution in [2.24, 2.45) is 11.8 Å². The van der Waals surface area contributed by atoms with Crippen LogP contribution >= 0.6 is 0 Å². The van der Waals surface area contributed by atoms with Crippen molar-refractivity contribution in [3.05, 3.63) is 11.9 Å². The fourth-order valence-corrected chi connectivity index (χ4v) is 2.89. The van der Waals surface area contributed by atoms with Crippen molar-refractivity contribution in [3.8, 4) is 0 Å². The quantitative estimate of drug-likeness (QED) is 0.837. The summed E-state index contributed by atoms with van der Waals surface area (Å²) in [5.41, 5.74) is 5.79. The predicted molar refractivity (Wildman–Crippen MR) is 81.4 cm³/mol. The minimum Gasteiger partial charge on any atom is -0.384 e. The van der Waals surface area contributed by atoms with Gasteiger partial charge in [-0.05, 0) is 24.7 Å². The van der Waals surface area contributed by atoms with E-state index in [0.29, 0.717) is 18.2 Å². The molecule has 0 radical (unpaired) electrons. The Morgan fingerprint density at radius 2 is 1.95 bits per heavy atom. The summed E-state index contributed by atoms with van der Waals surface area (Å²) in [5.74, 6) is 3.62. The third-order valence-corrected chi connectivity index (χ3v) is 4.18. The van der Waals surface area contributed by atoms with Crippen LogP contribution in [0.2, 0.25) is 0 Å². The van der Waals surface area contributed by atoms with E-state index >= 15 is 0 Å². The molecule has 1 heterocycles. The van der Waals surface area contributed by atoms with Crippen LogP contribution in [0.5, 0.6) is 0 Å². The van der Waals surface area contributed by atoms with E-state index in [2.05, 4.69) is 22.2 Å². The maximum atomic E-state index is 5.79. The number of ether oxygens (including phenoxy) is 1. The number of nitrogen functional groups attached to an aromatic ring is 1. The topological polar surface area (TPSA) is 73.1 Å². The van der Waals surface area contributed by atoms with Gasteiger partial charge in [-0.2, -0.15) is 0 Å². The molecule has 20 heavy (non-hydrogen) atoms. The van der Waals surface area contributed by atoms with Crippen LogP contribution < -0.4 is 11.1 Å². The lowest BCUT2D eigenvalue weighted by Crippen LogP contribution is -2.21. The SMILES string of the molecule is CCC1CCC(CNc2cc(N)nc(COC)n2)CC1. The van der Waals surface area contributed by atoms with E-state index in [0.717, 1.165) is 24.2 Å². The highest BCUT2D eigenvalue weighted by atomic mass is 16.5. The lowest BCUT2D eigenvalue weighted by molar-refractivity contribution is 0.178. The minimum atomic E-state index is 0.390. The van der Waals surface area contributed by atoms with Crippen LogP contribution in [0, 0.1) is 11.8 Å². The number of nitrogens with one attached hydrogen (secondary N) is 1. The molecule has 1 fully saturated rings. The second kappa shape index (κ2) is 7.43. The summed E-state index contributed by atoms with van der Waals surface area (Å²) in [6.45, 7) is 3.66. The van der Waals surface area contributed by atoms with Gasteiger partial charge in [0.2, 0.25) is 0 Å². The van der Waals surface area contributed by atoms with Crippen LogP contribution in [-0.4, -0.2) is 23.6 Å². The first kappa shape index (κ1) is 15.0. The largest absolute Gasteiger partial charge is 0.384 e. The van der Waals surface area contributed by atoms with Gasteiger partial charge in [-0.3, -0.25) is 0 Å². The Morgan fingerprint density at radius 1 is 1.25 bits per heavy atom. The molecular weight excluding hydrogens is 252 g/mol. The predicted octanol–water partition coefficient (Wildman–Crippen LogP) is 2.83. The standard InChI is InChI=1S/C15H26N4O/c1-3-11-4-6-12(7-5-11)9-17-14-8-13(16)18-15(19-14)10-20-2/h8,11-12H,3-7,9-10H2,1-2H3,(H3,16,17,18,19). The van der Waals surface area contributed by atoms with Crippen LogP contribution in [0.1, 0.15) is 44.9 Å². The molecule has 1 aliphatic carbocycles. The van der Waals surface area contributed by atoms with Crippen molar-refractivity contribution in [2.45, 2.75) is 45.6 Å². The van der Waals surface area contributed by atoms with Crippen LogP contribution in [0.15, 0.2) is 6.07 Å². The normalized spacial score (nSPS) is 22.7. The van der Waals surface area contributed by atoms with Crippen LogP contribution in [0.3, 0.4) is 0 Å². The molecule has 112 valence electrons. The van der Waals surface area contributed by atoms with E-state index in [9.17, 15) is 0 Å². The second-order valence-electron chi connectivity index (χ2n) is 5.70. The van der Waals surface area contributed by atoms with E-state index in [-0.39, 0.29) is 0 Å². The van der Waals surface area contributed by atoms with Crippen LogP contribution in [0.25, 0.3) is 0 Å². The molecule has 5 heteroatoms. The fourth-order valence-electron chi connectivity index (χ4n) is 2.89. The smallest absolute Gasteiger partial charge is 0.158 e. The van der Waals surface area contributed by atoms with Crippen molar-refractivity contribution in [3.63, 3.8) is 0 Å². The molecule has 0 bridgehead atoms. The first-order valence-electron chi connectivity index (χ1n) is 7.57. The minimum absolute atomic E-state index is 0.390. The molecule has 0 atom stereocenters. The third kappa shape index (κ3) is 4.34. The second-order valence-corrected chi connectivity index (χ2v) is 5.70. The first-order chi connectivity index (χ1) is 9.71. The molecule has 5 nitrogen and oxygen atoms in total. The molecule has 0 amide bonds. The van der Waals surface area contributed by atoms with Gasteiger partial charge in [-0.1, -0.05) is 26.2 Å². The molecule has 0 saturated heterocycles. The Kier molecular flexibility index (Phi) is 5.59. The van der Waals surface area contributed by atoms with Crippen LogP contribution in [-0.2, 0) is 11.3 Å². The molecular formula is C15H26N4O. The van der Waals surface area contributed by atoms with Gasteiger partial charge in [0.15, 0.2) is 5.82 Å². The monoisotopic (exact) mass is 278 g/mol. The van der Waals surface area contributed by atoms with Crippen molar-refractivity contribution < 1.29 is 4.74 Å². The van der Waals surface area contributed by atoms with Crippen molar-refractivity contribution in [1.82, 2.24) is 9.97 Å². The van der Waals surface area contributed by atoms with E-state index in [1.54, 1.807) is 13.2 Å². The summed E-state index contributed by atoms with van der Waals surface area (Å²) < 4.78 is 5.05. The molecule has 0 spiro atoms. The van der Waals surface area contributed by atoms with Gasteiger partial charge >= 0.3 is 0 Å². The van der Waals surface area contributed by atoms with Gasteiger partial charge in [0.1, 0.15) is 18.2 Å². The molecule has 0 aliphatic heterocycles. The molecule has 1 aromatic heterocycles. The molecule has 1 saturated carbocycles. The number of nitrogens with two attached hydrogens (primary N) is 1. The summed E-state index contributed by atoms with van der Waals surface area (Å²) in [4.78, 5) is 8.55. The molecule has 2 rings (SSSR count). The number of aromatic nitrogens is 2. The van der Waals surface area contributed by atoms with Crippen molar-refractivity contribution >= 4 is 11.6 Å². The molecule has 1 aromatic rings. The summed E-state index contributed by atoms with van der Waals surface area (Å²) in [7, 11) is 1.63. The Morgan fingerprint density at radius 3 is 2.60 bits per heavy atom. The van der Waals surface area contributed by atoms with Gasteiger partial charge < -0.3 is 15.8 Å². The van der Waals surface area contributed by atoms with Gasteiger partial charge in [0.25, 0.3) is 0 Å². The molecule has 1 aliphatic rings. The van der Waals surface area contributed by atoms with Crippen LogP contribution in [0.4, 0.5) is 11.6 Å². The molecule has 0 aromatic carbocycles. The highest BCUT2D eigenvalue weighted by molar-refractivity contribution is 5.44. The number of nitrogens with zero attached hydrogens (tertiary/aromatic N) is 2. The first-order valence-corrected chi connectivity index (χ1v) is 7.57. The van der Waals surface area contributed by atoms with Gasteiger partial charge in [-0.15, -0.1) is 0 Å². The van der Waals surface area contributed by atoms with Gasteiger partial charge in [0.05, 0.1) is 0 Å². The number of anilines is 2. The molecule has 3 N–H and O–H groups in total. The van der Waals surface area contributed by atoms with E-state index < -0.39 is 0 Å². The average molecular weight is 278 g/mol. The fraction of sp³-hybridized carbons (Fsp3) is 0.733. The average Bonchev–Trinajstić information content (AvgIpc) is 2.45. The summed E-state index contributed by atoms with van der Waals surface area (Å²) in [6, 6.07) is 1.79. The highest BCUT2D eigenvalue weighted by Crippen LogP contribution is 2.30. The zero-order valence-electron chi connectivity index (χ0n) is 12.6. The zero-order valence-corrected chi connectivity index (χ0v) is 12.6. The Balaban J connectivity index is 1.84. The van der Waals surface area contributed by atoms with Crippen molar-refractivity contribution in [2.75, 3.05) is 24.7 Å². The van der Waals surface area contributed by atoms with E-state index in [4.69, 9.17) is 10.5 Å². The number of hydrogen-bond donors (Lipinski definition) is 2. The summed E-state index contributed by atoms with van der Waals surface area (Å²) in [6.07, 6.45) is 6.68. The Hall–Kier alpha value is -1.36. The van der Waals surface area contributed by atoms with E-state index in [1.165, 1.54) is 32.1 Å². The molecule has 0 unspecified atom stereocenters. The van der Waals surface area contributed by atoms with Gasteiger partial charge in [-0.25, -0.2) is 9.97 Å². The lowest BCUT2D eigenvalue weighted by Gasteiger charge is -2.28. The number of hydrogen-bond acceptors (Lipinski definition) is 5. The lowest BCUT2D eigenvalue weighted by atomic mass is 9.81. The summed E-state index contributed by atoms with van der Waals surface area (Å²) in [5, 5.41) is 3.40. The highest BCUT2D eigenvalue weighted by Gasteiger charge is 2.19. The summed E-state index contributed by atoms with van der Waals surface area (Å²) >= 11 is 0. The Labute approximate surface area is 121 Å². The Bertz CT molecular complexity index is 416.